The molecule has 2 fully saturated rings. The molecule has 0 saturated carbocycles. The van der Waals surface area contributed by atoms with Gasteiger partial charge in [-0.15, -0.1) is 0 Å². The van der Waals surface area contributed by atoms with Crippen LogP contribution >= 0.6 is 0 Å². The number of hydrogen-bond acceptors (Lipinski definition) is 4. The van der Waals surface area contributed by atoms with Crippen LogP contribution in [-0.4, -0.2) is 52.0 Å². The third kappa shape index (κ3) is 2.72. The summed E-state index contributed by atoms with van der Waals surface area (Å²) in [6, 6.07) is 6.03. The fourth-order valence-electron chi connectivity index (χ4n) is 5.00. The minimum absolute atomic E-state index is 0.0364. The third-order valence-corrected chi connectivity index (χ3v) is 6.71. The molecule has 7 heteroatoms. The van der Waals surface area contributed by atoms with E-state index in [0.717, 1.165) is 22.8 Å². The number of nitrogens with zero attached hydrogens (tertiary/aromatic N) is 3. The number of benzene rings is 1. The lowest BCUT2D eigenvalue weighted by molar-refractivity contribution is -0.139. The monoisotopic (exact) mass is 406 g/mol. The highest BCUT2D eigenvalue weighted by atomic mass is 16.5. The topological polar surface area (TPSA) is 78.5 Å². The van der Waals surface area contributed by atoms with Crippen molar-refractivity contribution in [3.63, 3.8) is 0 Å². The number of imidazole rings is 1. The van der Waals surface area contributed by atoms with Crippen molar-refractivity contribution in [3.8, 4) is 0 Å². The Morgan fingerprint density at radius 3 is 2.83 bits per heavy atom. The standard InChI is InChI=1S/C23H26N4O3/c1-13-5-6-16(9-14(13)2)27-12-23-8-7-17(30-23)19(20(23)22(27)29)21(28)26(4)11-18-24-10-15(3)25-18/h5-10,17,19-20H,11-12H2,1-4H3,(H,24,25)/t17-,19?,20?,23-/m0/s1. The number of ether oxygens (including phenoxy) is 1. The molecule has 2 bridgehead atoms. The normalized spacial score (nSPS) is 29.0. The second-order valence-corrected chi connectivity index (χ2v) is 8.80. The van der Waals surface area contributed by atoms with E-state index in [-0.39, 0.29) is 17.9 Å². The lowest BCUT2D eigenvalue weighted by atomic mass is 9.76. The molecule has 3 aliphatic heterocycles. The summed E-state index contributed by atoms with van der Waals surface area (Å²) >= 11 is 0. The fraction of sp³-hybridized carbons (Fsp3) is 0.435. The zero-order valence-corrected chi connectivity index (χ0v) is 17.7. The van der Waals surface area contributed by atoms with Crippen molar-refractivity contribution in [1.29, 1.82) is 0 Å². The molecule has 1 aromatic heterocycles. The maximum absolute atomic E-state index is 13.5. The lowest BCUT2D eigenvalue weighted by Crippen LogP contribution is -2.44. The highest BCUT2D eigenvalue weighted by molar-refractivity contribution is 6.03. The summed E-state index contributed by atoms with van der Waals surface area (Å²) in [4.78, 5) is 37.7. The highest BCUT2D eigenvalue weighted by Crippen LogP contribution is 2.53. The molecular formula is C23H26N4O3. The first-order valence-electron chi connectivity index (χ1n) is 10.3. The van der Waals surface area contributed by atoms with Gasteiger partial charge in [-0.1, -0.05) is 18.2 Å². The predicted octanol–water partition coefficient (Wildman–Crippen LogP) is 2.28. The first-order valence-corrected chi connectivity index (χ1v) is 10.3. The first kappa shape index (κ1) is 19.1. The zero-order valence-electron chi connectivity index (χ0n) is 17.7. The minimum Gasteiger partial charge on any atom is -0.360 e. The van der Waals surface area contributed by atoms with E-state index in [2.05, 4.69) is 16.9 Å². The van der Waals surface area contributed by atoms with E-state index < -0.39 is 17.4 Å². The highest BCUT2D eigenvalue weighted by Gasteiger charge is 2.67. The van der Waals surface area contributed by atoms with Gasteiger partial charge in [0.1, 0.15) is 11.4 Å². The molecule has 1 spiro atoms. The maximum Gasteiger partial charge on any atom is 0.234 e. The number of hydrogen-bond donors (Lipinski definition) is 1. The van der Waals surface area contributed by atoms with Crippen molar-refractivity contribution in [3.05, 3.63) is 59.2 Å². The number of aromatic amines is 1. The Bertz CT molecular complexity index is 1070. The maximum atomic E-state index is 13.5. The molecular weight excluding hydrogens is 380 g/mol. The van der Waals surface area contributed by atoms with Gasteiger partial charge < -0.3 is 19.5 Å². The molecule has 156 valence electrons. The summed E-state index contributed by atoms with van der Waals surface area (Å²) in [5.74, 6) is -0.402. The Kier molecular flexibility index (Phi) is 4.15. The average Bonchev–Trinajstić information content (AvgIpc) is 3.45. The van der Waals surface area contributed by atoms with Gasteiger partial charge in [0.05, 0.1) is 31.0 Å². The minimum atomic E-state index is -0.719. The molecule has 2 unspecified atom stereocenters. The van der Waals surface area contributed by atoms with Gasteiger partial charge in [0.2, 0.25) is 11.8 Å². The molecule has 3 aliphatic rings. The molecule has 1 aromatic carbocycles. The average molecular weight is 406 g/mol. The largest absolute Gasteiger partial charge is 0.360 e. The van der Waals surface area contributed by atoms with Crippen LogP contribution in [0.2, 0.25) is 0 Å². The summed E-state index contributed by atoms with van der Waals surface area (Å²) in [6.45, 7) is 6.83. The van der Waals surface area contributed by atoms with Crippen LogP contribution < -0.4 is 4.90 Å². The van der Waals surface area contributed by atoms with Crippen LogP contribution in [-0.2, 0) is 20.9 Å². The third-order valence-electron chi connectivity index (χ3n) is 6.71. The number of H-pyrrole nitrogens is 1. The molecule has 2 amide bonds. The quantitative estimate of drug-likeness (QED) is 0.791. The van der Waals surface area contributed by atoms with Gasteiger partial charge in [-0.3, -0.25) is 9.59 Å². The number of carbonyl (C=O) groups excluding carboxylic acids is 2. The van der Waals surface area contributed by atoms with Crippen molar-refractivity contribution in [1.82, 2.24) is 14.9 Å². The van der Waals surface area contributed by atoms with Crippen molar-refractivity contribution in [2.24, 2.45) is 11.8 Å². The number of amides is 2. The van der Waals surface area contributed by atoms with Gasteiger partial charge >= 0.3 is 0 Å². The van der Waals surface area contributed by atoms with Crippen LogP contribution in [0, 0.1) is 32.6 Å². The van der Waals surface area contributed by atoms with Gasteiger partial charge in [-0.25, -0.2) is 4.98 Å². The van der Waals surface area contributed by atoms with E-state index in [1.165, 1.54) is 5.56 Å². The van der Waals surface area contributed by atoms with E-state index >= 15 is 0 Å². The van der Waals surface area contributed by atoms with Crippen molar-refractivity contribution in [2.75, 3.05) is 18.5 Å². The Balaban J connectivity index is 1.42. The summed E-state index contributed by atoms with van der Waals surface area (Å²) in [5.41, 5.74) is 3.41. The van der Waals surface area contributed by atoms with Crippen molar-refractivity contribution >= 4 is 17.5 Å². The van der Waals surface area contributed by atoms with Crippen LogP contribution in [0.25, 0.3) is 0 Å². The number of aromatic nitrogens is 2. The van der Waals surface area contributed by atoms with E-state index in [0.29, 0.717) is 13.1 Å². The van der Waals surface area contributed by atoms with Crippen molar-refractivity contribution in [2.45, 2.75) is 39.0 Å². The van der Waals surface area contributed by atoms with Gasteiger partial charge in [0, 0.05) is 24.6 Å². The number of fused-ring (bicyclic) bond motifs is 1. The number of anilines is 1. The molecule has 4 atom stereocenters. The molecule has 7 nitrogen and oxygen atoms in total. The molecule has 4 heterocycles. The van der Waals surface area contributed by atoms with E-state index in [1.54, 1.807) is 23.0 Å². The summed E-state index contributed by atoms with van der Waals surface area (Å²) < 4.78 is 6.25. The van der Waals surface area contributed by atoms with Crippen LogP contribution in [0.4, 0.5) is 5.69 Å². The van der Waals surface area contributed by atoms with Gasteiger partial charge in [-0.2, -0.15) is 0 Å². The van der Waals surface area contributed by atoms with E-state index in [4.69, 9.17) is 4.74 Å². The molecule has 2 saturated heterocycles. The Morgan fingerprint density at radius 2 is 2.13 bits per heavy atom. The number of aryl methyl sites for hydroxylation is 3. The second-order valence-electron chi connectivity index (χ2n) is 8.80. The van der Waals surface area contributed by atoms with Gasteiger partial charge in [-0.05, 0) is 44.0 Å². The lowest BCUT2D eigenvalue weighted by Gasteiger charge is -2.27. The van der Waals surface area contributed by atoms with Gasteiger partial charge in [0.15, 0.2) is 0 Å². The molecule has 2 aromatic rings. The SMILES string of the molecule is Cc1cnc(CN(C)C(=O)C2C3C(=O)N(c4ccc(C)c(C)c4)C[C@@]34C=C[C@@H]2O4)[nH]1. The molecule has 30 heavy (non-hydrogen) atoms. The van der Waals surface area contributed by atoms with Crippen molar-refractivity contribution < 1.29 is 14.3 Å². The zero-order chi connectivity index (χ0) is 21.2. The summed E-state index contributed by atoms with van der Waals surface area (Å²) in [5, 5.41) is 0. The van der Waals surface area contributed by atoms with Crippen LogP contribution in [0.15, 0.2) is 36.5 Å². The summed E-state index contributed by atoms with van der Waals surface area (Å²) in [6.07, 6.45) is 5.32. The second kappa shape index (κ2) is 6.54. The Morgan fingerprint density at radius 1 is 1.33 bits per heavy atom. The Labute approximate surface area is 175 Å². The molecule has 0 aliphatic carbocycles. The van der Waals surface area contributed by atoms with Crippen LogP contribution in [0.1, 0.15) is 22.6 Å². The molecule has 0 radical (unpaired) electrons. The first-order chi connectivity index (χ1) is 14.3. The van der Waals surface area contributed by atoms with E-state index in [9.17, 15) is 9.59 Å². The molecule has 5 rings (SSSR count). The summed E-state index contributed by atoms with van der Waals surface area (Å²) in [7, 11) is 1.75. The molecule has 1 N–H and O–H groups in total. The van der Waals surface area contributed by atoms with Gasteiger partial charge in [0.25, 0.3) is 0 Å². The number of rotatable bonds is 4. The van der Waals surface area contributed by atoms with Crippen LogP contribution in [0.3, 0.4) is 0 Å². The van der Waals surface area contributed by atoms with Crippen LogP contribution in [0.5, 0.6) is 0 Å². The fourth-order valence-corrected chi connectivity index (χ4v) is 5.00. The smallest absolute Gasteiger partial charge is 0.234 e. The van der Waals surface area contributed by atoms with E-state index in [1.807, 2.05) is 44.2 Å². The number of nitrogens with one attached hydrogen (secondary N) is 1. The predicted molar refractivity (Wildman–Crippen MR) is 112 cm³/mol. The number of carbonyl (C=O) groups is 2. The Hall–Kier alpha value is -2.93.